The molecule has 0 radical (unpaired) electrons. The quantitative estimate of drug-likeness (QED) is 0.877. The van der Waals surface area contributed by atoms with Crippen LogP contribution in [0.1, 0.15) is 11.4 Å². The van der Waals surface area contributed by atoms with E-state index in [1.54, 1.807) is 24.3 Å². The highest BCUT2D eigenvalue weighted by Gasteiger charge is 2.02. The van der Waals surface area contributed by atoms with Gasteiger partial charge in [0.05, 0.1) is 0 Å². The predicted molar refractivity (Wildman–Crippen MR) is 68.5 cm³/mol. The summed E-state index contributed by atoms with van der Waals surface area (Å²) < 4.78 is 5.45. The molecule has 0 amide bonds. The van der Waals surface area contributed by atoms with E-state index < -0.39 is 0 Å². The third-order valence-corrected chi connectivity index (χ3v) is 2.59. The van der Waals surface area contributed by atoms with E-state index in [0.29, 0.717) is 22.2 Å². The van der Waals surface area contributed by atoms with Crippen LogP contribution in [0.4, 0.5) is 0 Å². The highest BCUT2D eigenvalue weighted by Crippen LogP contribution is 2.16. The maximum atomic E-state index is 11.5. The summed E-state index contributed by atoms with van der Waals surface area (Å²) >= 11 is 5.76. The molecule has 0 saturated heterocycles. The fraction of sp³-hybridized carbons (Fsp3) is 0.167. The summed E-state index contributed by atoms with van der Waals surface area (Å²) in [6, 6.07) is 6.94. The average molecular weight is 266 g/mol. The third-order valence-electron chi connectivity index (χ3n) is 2.33. The minimum Gasteiger partial charge on any atom is -0.486 e. The molecule has 18 heavy (non-hydrogen) atoms. The number of nitrogens with zero attached hydrogens (tertiary/aromatic N) is 1. The van der Waals surface area contributed by atoms with Gasteiger partial charge < -0.3 is 15.5 Å². The number of halogens is 1. The van der Waals surface area contributed by atoms with E-state index in [-0.39, 0.29) is 18.7 Å². The number of hydrogen-bond acceptors (Lipinski definition) is 4. The molecule has 2 rings (SSSR count). The largest absolute Gasteiger partial charge is 0.486 e. The first-order chi connectivity index (χ1) is 8.69. The van der Waals surface area contributed by atoms with Gasteiger partial charge in [-0.3, -0.25) is 4.79 Å². The van der Waals surface area contributed by atoms with Crippen molar-refractivity contribution in [2.45, 2.75) is 13.2 Å². The second kappa shape index (κ2) is 5.66. The third kappa shape index (κ3) is 3.09. The number of benzene rings is 1. The fourth-order valence-electron chi connectivity index (χ4n) is 1.36. The zero-order chi connectivity index (χ0) is 13.0. The van der Waals surface area contributed by atoms with Crippen molar-refractivity contribution in [3.05, 3.63) is 57.2 Å². The van der Waals surface area contributed by atoms with Crippen LogP contribution in [0.15, 0.2) is 35.3 Å². The Kier molecular flexibility index (Phi) is 3.96. The van der Waals surface area contributed by atoms with Gasteiger partial charge in [0, 0.05) is 23.3 Å². The van der Waals surface area contributed by atoms with Crippen molar-refractivity contribution in [3.8, 4) is 5.75 Å². The number of H-pyrrole nitrogens is 1. The van der Waals surface area contributed by atoms with Crippen LogP contribution >= 0.6 is 11.6 Å². The van der Waals surface area contributed by atoms with Gasteiger partial charge in [0.2, 0.25) is 0 Å². The van der Waals surface area contributed by atoms with E-state index in [9.17, 15) is 4.79 Å². The SMILES string of the molecule is NCc1cnc(COc2ccc(Cl)cc2)[nH]c1=O. The van der Waals surface area contributed by atoms with Gasteiger partial charge in [-0.25, -0.2) is 4.98 Å². The molecule has 94 valence electrons. The van der Waals surface area contributed by atoms with Crippen molar-refractivity contribution in [1.82, 2.24) is 9.97 Å². The molecule has 1 aromatic heterocycles. The first kappa shape index (κ1) is 12.6. The highest BCUT2D eigenvalue weighted by molar-refractivity contribution is 6.30. The number of hydrogen-bond donors (Lipinski definition) is 2. The van der Waals surface area contributed by atoms with E-state index in [1.807, 2.05) is 0 Å². The number of aromatic amines is 1. The molecule has 2 aromatic rings. The van der Waals surface area contributed by atoms with Gasteiger partial charge in [0.1, 0.15) is 18.2 Å². The lowest BCUT2D eigenvalue weighted by Gasteiger charge is -2.05. The Bertz CT molecular complexity index is 581. The van der Waals surface area contributed by atoms with Gasteiger partial charge in [-0.15, -0.1) is 0 Å². The van der Waals surface area contributed by atoms with E-state index >= 15 is 0 Å². The smallest absolute Gasteiger partial charge is 0.255 e. The lowest BCUT2D eigenvalue weighted by Crippen LogP contribution is -2.19. The number of ether oxygens (including phenoxy) is 1. The second-order valence-corrected chi connectivity index (χ2v) is 4.07. The Morgan fingerprint density at radius 1 is 1.33 bits per heavy atom. The Morgan fingerprint density at radius 3 is 2.67 bits per heavy atom. The molecule has 0 aliphatic heterocycles. The maximum absolute atomic E-state index is 11.5. The van der Waals surface area contributed by atoms with Crippen molar-refractivity contribution < 1.29 is 4.74 Å². The van der Waals surface area contributed by atoms with Crippen LogP contribution in [0.2, 0.25) is 5.02 Å². The molecule has 5 nitrogen and oxygen atoms in total. The Morgan fingerprint density at radius 2 is 2.06 bits per heavy atom. The molecule has 3 N–H and O–H groups in total. The fourth-order valence-corrected chi connectivity index (χ4v) is 1.49. The van der Waals surface area contributed by atoms with Crippen LogP contribution in [0.3, 0.4) is 0 Å². The Balaban J connectivity index is 2.04. The Hall–Kier alpha value is -1.85. The zero-order valence-corrected chi connectivity index (χ0v) is 10.3. The molecular weight excluding hydrogens is 254 g/mol. The summed E-state index contributed by atoms with van der Waals surface area (Å²) in [5.74, 6) is 1.11. The first-order valence-corrected chi connectivity index (χ1v) is 5.72. The van der Waals surface area contributed by atoms with Gasteiger partial charge >= 0.3 is 0 Å². The van der Waals surface area contributed by atoms with Crippen molar-refractivity contribution in [1.29, 1.82) is 0 Å². The summed E-state index contributed by atoms with van der Waals surface area (Å²) in [6.45, 7) is 0.350. The van der Waals surface area contributed by atoms with E-state index in [0.717, 1.165) is 0 Å². The number of nitrogens with one attached hydrogen (secondary N) is 1. The van der Waals surface area contributed by atoms with Gasteiger partial charge in [0.25, 0.3) is 5.56 Å². The molecule has 0 fully saturated rings. The normalized spacial score (nSPS) is 10.3. The van der Waals surface area contributed by atoms with Crippen molar-refractivity contribution in [2.24, 2.45) is 5.73 Å². The topological polar surface area (TPSA) is 81.0 Å². The number of rotatable bonds is 4. The molecular formula is C12H12ClN3O2. The molecule has 6 heteroatoms. The van der Waals surface area contributed by atoms with Gasteiger partial charge in [-0.05, 0) is 24.3 Å². The molecule has 0 spiro atoms. The monoisotopic (exact) mass is 265 g/mol. The van der Waals surface area contributed by atoms with E-state index in [4.69, 9.17) is 22.1 Å². The van der Waals surface area contributed by atoms with E-state index in [1.165, 1.54) is 6.20 Å². The van der Waals surface area contributed by atoms with Crippen LogP contribution in [0.25, 0.3) is 0 Å². The number of nitrogens with two attached hydrogens (primary N) is 1. The van der Waals surface area contributed by atoms with Crippen molar-refractivity contribution >= 4 is 11.6 Å². The standard InChI is InChI=1S/C12H12ClN3O2/c13-9-1-3-10(4-2-9)18-7-11-15-6-8(5-14)12(17)16-11/h1-4,6H,5,7,14H2,(H,15,16,17). The first-order valence-electron chi connectivity index (χ1n) is 5.34. The lowest BCUT2D eigenvalue weighted by molar-refractivity contribution is 0.295. The van der Waals surface area contributed by atoms with Crippen LogP contribution in [-0.4, -0.2) is 9.97 Å². The van der Waals surface area contributed by atoms with Crippen LogP contribution in [-0.2, 0) is 13.2 Å². The molecule has 0 unspecified atom stereocenters. The van der Waals surface area contributed by atoms with Gasteiger partial charge in [-0.1, -0.05) is 11.6 Å². The van der Waals surface area contributed by atoms with Crippen LogP contribution < -0.4 is 16.0 Å². The van der Waals surface area contributed by atoms with Crippen LogP contribution in [0, 0.1) is 0 Å². The summed E-state index contributed by atoms with van der Waals surface area (Å²) in [5.41, 5.74) is 5.59. The second-order valence-electron chi connectivity index (χ2n) is 3.63. The predicted octanol–water partition coefficient (Wildman–Crippen LogP) is 1.46. The Labute approximate surface area is 109 Å². The van der Waals surface area contributed by atoms with Gasteiger partial charge in [-0.2, -0.15) is 0 Å². The lowest BCUT2D eigenvalue weighted by atomic mass is 10.3. The molecule has 0 aliphatic rings. The maximum Gasteiger partial charge on any atom is 0.255 e. The van der Waals surface area contributed by atoms with Crippen molar-refractivity contribution in [2.75, 3.05) is 0 Å². The molecule has 0 atom stereocenters. The summed E-state index contributed by atoms with van der Waals surface area (Å²) in [4.78, 5) is 18.1. The van der Waals surface area contributed by atoms with Crippen LogP contribution in [0.5, 0.6) is 5.75 Å². The summed E-state index contributed by atoms with van der Waals surface area (Å²) in [6.07, 6.45) is 1.46. The van der Waals surface area contributed by atoms with Crippen molar-refractivity contribution in [3.63, 3.8) is 0 Å². The van der Waals surface area contributed by atoms with E-state index in [2.05, 4.69) is 9.97 Å². The van der Waals surface area contributed by atoms with Gasteiger partial charge in [0.15, 0.2) is 0 Å². The summed E-state index contributed by atoms with van der Waals surface area (Å²) in [5, 5.41) is 0.640. The minimum absolute atomic E-state index is 0.167. The average Bonchev–Trinajstić information content (AvgIpc) is 2.38. The molecule has 0 aliphatic carbocycles. The molecule has 1 heterocycles. The number of aromatic nitrogens is 2. The minimum atomic E-state index is -0.234. The molecule has 0 saturated carbocycles. The zero-order valence-electron chi connectivity index (χ0n) is 9.52. The molecule has 0 bridgehead atoms. The summed E-state index contributed by atoms with van der Waals surface area (Å²) in [7, 11) is 0. The molecule has 1 aromatic carbocycles. The highest BCUT2D eigenvalue weighted by atomic mass is 35.5.